The molecule has 0 aromatic heterocycles. The lowest BCUT2D eigenvalue weighted by Gasteiger charge is -2.28. The first-order chi connectivity index (χ1) is 8.67. The van der Waals surface area contributed by atoms with E-state index in [-0.39, 0.29) is 5.54 Å². The van der Waals surface area contributed by atoms with Gasteiger partial charge in [-0.1, -0.05) is 13.3 Å². The average Bonchev–Trinajstić information content (AvgIpc) is 3.22. The molecule has 2 saturated carbocycles. The highest BCUT2D eigenvalue weighted by atomic mass is 15.2. The molecule has 0 bridgehead atoms. The van der Waals surface area contributed by atoms with Crippen LogP contribution in [0.4, 0.5) is 0 Å². The minimum absolute atomic E-state index is 0.319. The standard InChI is InChI=1S/C15H27N3/c1-3-4-10-18(14-7-8-14)11-9-15(2,12-16)17-13-5-6-13/h13-14,17H,3-11H2,1-2H3. The van der Waals surface area contributed by atoms with Crippen molar-refractivity contribution in [2.24, 2.45) is 0 Å². The van der Waals surface area contributed by atoms with Crippen LogP contribution in [0.25, 0.3) is 0 Å². The maximum absolute atomic E-state index is 9.37. The topological polar surface area (TPSA) is 39.1 Å². The fraction of sp³-hybridized carbons (Fsp3) is 0.933. The van der Waals surface area contributed by atoms with Gasteiger partial charge < -0.3 is 4.90 Å². The molecule has 3 heteroatoms. The van der Waals surface area contributed by atoms with Crippen LogP contribution in [0.1, 0.15) is 58.8 Å². The Bertz CT molecular complexity index is 301. The number of rotatable bonds is 9. The zero-order valence-electron chi connectivity index (χ0n) is 11.9. The van der Waals surface area contributed by atoms with Crippen LogP contribution < -0.4 is 5.32 Å². The molecule has 3 nitrogen and oxygen atoms in total. The SMILES string of the molecule is CCCCN(CCC(C)(C#N)NC1CC1)C1CC1. The number of nitrogens with one attached hydrogen (secondary N) is 1. The van der Waals surface area contributed by atoms with Crippen LogP contribution in [0, 0.1) is 11.3 Å². The van der Waals surface area contributed by atoms with Crippen LogP contribution in [0.5, 0.6) is 0 Å². The molecule has 102 valence electrons. The first kappa shape index (κ1) is 13.8. The van der Waals surface area contributed by atoms with Crippen LogP contribution in [0.2, 0.25) is 0 Å². The first-order valence-corrected chi connectivity index (χ1v) is 7.60. The molecule has 0 spiro atoms. The summed E-state index contributed by atoms with van der Waals surface area (Å²) in [5.41, 5.74) is -0.319. The van der Waals surface area contributed by atoms with Crippen molar-refractivity contribution in [3.63, 3.8) is 0 Å². The van der Waals surface area contributed by atoms with Crippen molar-refractivity contribution in [2.75, 3.05) is 13.1 Å². The van der Waals surface area contributed by atoms with Gasteiger partial charge >= 0.3 is 0 Å². The van der Waals surface area contributed by atoms with Crippen LogP contribution in [0.3, 0.4) is 0 Å². The Morgan fingerprint density at radius 3 is 2.50 bits per heavy atom. The molecule has 1 atom stereocenters. The second-order valence-electron chi connectivity index (χ2n) is 6.23. The molecule has 1 N–H and O–H groups in total. The summed E-state index contributed by atoms with van der Waals surface area (Å²) in [6.07, 6.45) is 8.74. The Kier molecular flexibility index (Phi) is 4.64. The van der Waals surface area contributed by atoms with Gasteiger partial charge in [-0.15, -0.1) is 0 Å². The van der Waals surface area contributed by atoms with Gasteiger partial charge in [0.05, 0.1) is 6.07 Å². The largest absolute Gasteiger partial charge is 0.300 e. The van der Waals surface area contributed by atoms with E-state index in [9.17, 15) is 5.26 Å². The van der Waals surface area contributed by atoms with Crippen molar-refractivity contribution in [3.8, 4) is 6.07 Å². The van der Waals surface area contributed by atoms with Gasteiger partial charge in [0.25, 0.3) is 0 Å². The van der Waals surface area contributed by atoms with Gasteiger partial charge in [-0.05, 0) is 52.0 Å². The van der Waals surface area contributed by atoms with Gasteiger partial charge in [-0.2, -0.15) is 5.26 Å². The predicted octanol–water partition coefficient (Wildman–Crippen LogP) is 2.68. The van der Waals surface area contributed by atoms with E-state index in [1.807, 2.05) is 0 Å². The molecule has 0 heterocycles. The molecule has 1 unspecified atom stereocenters. The van der Waals surface area contributed by atoms with E-state index in [4.69, 9.17) is 0 Å². The fourth-order valence-electron chi connectivity index (χ4n) is 2.48. The quantitative estimate of drug-likeness (QED) is 0.683. The van der Waals surface area contributed by atoms with Crippen molar-refractivity contribution < 1.29 is 0 Å². The van der Waals surface area contributed by atoms with Gasteiger partial charge in [0.2, 0.25) is 0 Å². The van der Waals surface area contributed by atoms with Gasteiger partial charge in [0.15, 0.2) is 0 Å². The maximum atomic E-state index is 9.37. The minimum atomic E-state index is -0.319. The lowest BCUT2D eigenvalue weighted by atomic mass is 9.99. The molecule has 0 aromatic rings. The molecule has 18 heavy (non-hydrogen) atoms. The highest BCUT2D eigenvalue weighted by Gasteiger charge is 2.34. The maximum Gasteiger partial charge on any atom is 0.105 e. The summed E-state index contributed by atoms with van der Waals surface area (Å²) in [5, 5.41) is 12.9. The Morgan fingerprint density at radius 2 is 2.00 bits per heavy atom. The van der Waals surface area contributed by atoms with E-state index in [2.05, 4.69) is 30.1 Å². The summed E-state index contributed by atoms with van der Waals surface area (Å²) in [5.74, 6) is 0. The Labute approximate surface area is 112 Å². The predicted molar refractivity (Wildman–Crippen MR) is 74.3 cm³/mol. The van der Waals surface area contributed by atoms with E-state index in [0.717, 1.165) is 19.0 Å². The molecule has 0 aromatic carbocycles. The van der Waals surface area contributed by atoms with Crippen LogP contribution in [0.15, 0.2) is 0 Å². The van der Waals surface area contributed by atoms with Gasteiger partial charge in [0.1, 0.15) is 5.54 Å². The van der Waals surface area contributed by atoms with Gasteiger partial charge in [-0.3, -0.25) is 5.32 Å². The first-order valence-electron chi connectivity index (χ1n) is 7.60. The fourth-order valence-corrected chi connectivity index (χ4v) is 2.48. The van der Waals surface area contributed by atoms with Crippen LogP contribution in [-0.2, 0) is 0 Å². The summed E-state index contributed by atoms with van der Waals surface area (Å²) >= 11 is 0. The Balaban J connectivity index is 1.77. The second kappa shape index (κ2) is 6.04. The molecule has 0 radical (unpaired) electrons. The van der Waals surface area contributed by atoms with E-state index in [0.29, 0.717) is 6.04 Å². The second-order valence-corrected chi connectivity index (χ2v) is 6.23. The van der Waals surface area contributed by atoms with Gasteiger partial charge in [0, 0.05) is 18.6 Å². The summed E-state index contributed by atoms with van der Waals surface area (Å²) in [6.45, 7) is 6.61. The molecular weight excluding hydrogens is 222 g/mol. The van der Waals surface area contributed by atoms with Crippen molar-refractivity contribution in [1.29, 1.82) is 5.26 Å². The molecule has 2 aliphatic rings. The summed E-state index contributed by atoms with van der Waals surface area (Å²) in [7, 11) is 0. The van der Waals surface area contributed by atoms with E-state index >= 15 is 0 Å². The van der Waals surface area contributed by atoms with E-state index in [1.54, 1.807) is 0 Å². The smallest absolute Gasteiger partial charge is 0.105 e. The highest BCUT2D eigenvalue weighted by molar-refractivity contribution is 5.07. The summed E-state index contributed by atoms with van der Waals surface area (Å²) in [4.78, 5) is 2.60. The van der Waals surface area contributed by atoms with Crippen molar-refractivity contribution in [3.05, 3.63) is 0 Å². The normalized spacial score (nSPS) is 22.8. The highest BCUT2D eigenvalue weighted by Crippen LogP contribution is 2.29. The zero-order valence-corrected chi connectivity index (χ0v) is 11.9. The molecule has 0 amide bonds. The third-order valence-electron chi connectivity index (χ3n) is 4.11. The number of hydrogen-bond donors (Lipinski definition) is 1. The van der Waals surface area contributed by atoms with E-state index in [1.165, 1.54) is 45.1 Å². The average molecular weight is 249 g/mol. The number of unbranched alkanes of at least 4 members (excludes halogenated alkanes) is 1. The van der Waals surface area contributed by atoms with Crippen molar-refractivity contribution in [1.82, 2.24) is 10.2 Å². The van der Waals surface area contributed by atoms with E-state index < -0.39 is 0 Å². The summed E-state index contributed by atoms with van der Waals surface area (Å²) < 4.78 is 0. The zero-order chi connectivity index (χ0) is 13.0. The Hall–Kier alpha value is -0.590. The summed E-state index contributed by atoms with van der Waals surface area (Å²) in [6, 6.07) is 3.91. The minimum Gasteiger partial charge on any atom is -0.300 e. The molecule has 2 aliphatic carbocycles. The number of nitriles is 1. The Morgan fingerprint density at radius 1 is 1.28 bits per heavy atom. The molecule has 2 fully saturated rings. The van der Waals surface area contributed by atoms with Gasteiger partial charge in [-0.25, -0.2) is 0 Å². The van der Waals surface area contributed by atoms with Crippen molar-refractivity contribution in [2.45, 2.75) is 76.4 Å². The van der Waals surface area contributed by atoms with Crippen LogP contribution >= 0.6 is 0 Å². The lowest BCUT2D eigenvalue weighted by molar-refractivity contribution is 0.232. The van der Waals surface area contributed by atoms with Crippen LogP contribution in [-0.4, -0.2) is 35.6 Å². The third-order valence-corrected chi connectivity index (χ3v) is 4.11. The lowest BCUT2D eigenvalue weighted by Crippen LogP contribution is -2.45. The molecular formula is C15H27N3. The molecule has 0 saturated heterocycles. The third kappa shape index (κ3) is 4.26. The molecule has 0 aliphatic heterocycles. The monoisotopic (exact) mass is 249 g/mol. The number of hydrogen-bond acceptors (Lipinski definition) is 3. The molecule has 2 rings (SSSR count). The number of nitrogens with zero attached hydrogens (tertiary/aromatic N) is 2. The van der Waals surface area contributed by atoms with Crippen molar-refractivity contribution >= 4 is 0 Å².